The van der Waals surface area contributed by atoms with Gasteiger partial charge in [-0.1, -0.05) is 11.6 Å². The minimum Gasteiger partial charge on any atom is -0.448 e. The van der Waals surface area contributed by atoms with E-state index in [1.54, 1.807) is 0 Å². The van der Waals surface area contributed by atoms with Crippen LogP contribution in [0.1, 0.15) is 6.42 Å². The van der Waals surface area contributed by atoms with Gasteiger partial charge in [0.05, 0.1) is 6.10 Å². The maximum atomic E-state index is 11.8. The van der Waals surface area contributed by atoms with E-state index in [4.69, 9.17) is 11.6 Å². The lowest BCUT2D eigenvalue weighted by Crippen LogP contribution is -2.32. The second-order valence-electron chi connectivity index (χ2n) is 2.79. The highest BCUT2D eigenvalue weighted by Crippen LogP contribution is 2.14. The Morgan fingerprint density at radius 2 is 2.36 bits per heavy atom. The molecule has 0 amide bonds. The number of halogens is 3. The van der Waals surface area contributed by atoms with E-state index < -0.39 is 24.7 Å². The molecular formula is C7H10ClF2NO3. The first-order valence-corrected chi connectivity index (χ1v) is 4.56. The van der Waals surface area contributed by atoms with Crippen molar-refractivity contribution in [3.63, 3.8) is 0 Å². The van der Waals surface area contributed by atoms with Crippen LogP contribution in [0.5, 0.6) is 0 Å². The molecule has 0 aromatic carbocycles. The lowest BCUT2D eigenvalue weighted by molar-refractivity contribution is -0.159. The molecule has 4 nitrogen and oxygen atoms in total. The molecule has 1 fully saturated rings. The number of ether oxygens (including phenoxy) is 2. The van der Waals surface area contributed by atoms with Crippen LogP contribution in [0, 0.1) is 0 Å². The molecule has 0 spiro atoms. The van der Waals surface area contributed by atoms with Crippen LogP contribution >= 0.6 is 11.6 Å². The summed E-state index contributed by atoms with van der Waals surface area (Å²) in [5, 5.41) is 2.71. The number of carbonyl (C=O) groups excluding carboxylic acids is 1. The fourth-order valence-corrected chi connectivity index (χ4v) is 1.39. The monoisotopic (exact) mass is 229 g/mol. The zero-order valence-corrected chi connectivity index (χ0v) is 7.97. The lowest BCUT2D eigenvalue weighted by atomic mass is 10.2. The van der Waals surface area contributed by atoms with Gasteiger partial charge in [-0.15, -0.1) is 0 Å². The van der Waals surface area contributed by atoms with Gasteiger partial charge in [0.2, 0.25) is 0 Å². The molecule has 1 N–H and O–H groups in total. The molecule has 0 saturated carbocycles. The highest BCUT2D eigenvalue weighted by Gasteiger charge is 2.32. The summed E-state index contributed by atoms with van der Waals surface area (Å²) in [5.74, 6) is -0.541. The first kappa shape index (κ1) is 11.6. The Bertz CT molecular complexity index is 205. The predicted octanol–water partition coefficient (Wildman–Crippen LogP) is 0.696. The van der Waals surface area contributed by atoms with E-state index in [0.717, 1.165) is 0 Å². The van der Waals surface area contributed by atoms with Crippen molar-refractivity contribution in [1.82, 2.24) is 5.32 Å². The molecule has 0 aliphatic carbocycles. The Balaban J connectivity index is 2.29. The van der Waals surface area contributed by atoms with E-state index in [2.05, 4.69) is 14.8 Å². The van der Waals surface area contributed by atoms with Crippen molar-refractivity contribution in [3.8, 4) is 0 Å². The Hall–Kier alpha value is -0.460. The van der Waals surface area contributed by atoms with Crippen LogP contribution in [-0.4, -0.2) is 37.3 Å². The number of esters is 1. The fraction of sp³-hybridized carbons (Fsp3) is 0.857. The zero-order chi connectivity index (χ0) is 10.6. The Morgan fingerprint density at radius 3 is 2.93 bits per heavy atom. The molecule has 2 atom stereocenters. The predicted molar refractivity (Wildman–Crippen MR) is 44.1 cm³/mol. The van der Waals surface area contributed by atoms with E-state index in [1.165, 1.54) is 0 Å². The summed E-state index contributed by atoms with van der Waals surface area (Å²) in [5.41, 5.74) is 0. The van der Waals surface area contributed by atoms with Crippen LogP contribution in [0.3, 0.4) is 0 Å². The summed E-state index contributed by atoms with van der Waals surface area (Å²) >= 11 is 5.17. The smallest absolute Gasteiger partial charge is 0.345 e. The van der Waals surface area contributed by atoms with Crippen molar-refractivity contribution < 1.29 is 23.0 Å². The second kappa shape index (κ2) is 5.43. The van der Waals surface area contributed by atoms with Crippen molar-refractivity contribution >= 4 is 17.6 Å². The third-order valence-corrected chi connectivity index (χ3v) is 1.98. The third-order valence-electron chi connectivity index (χ3n) is 1.87. The Morgan fingerprint density at radius 1 is 1.64 bits per heavy atom. The largest absolute Gasteiger partial charge is 0.448 e. The number of alkyl halides is 3. The Kier molecular flexibility index (Phi) is 4.50. The average molecular weight is 230 g/mol. The lowest BCUT2D eigenvalue weighted by Gasteiger charge is -2.09. The molecule has 0 unspecified atom stereocenters. The van der Waals surface area contributed by atoms with Crippen LogP contribution in [0.25, 0.3) is 0 Å². The van der Waals surface area contributed by atoms with Crippen molar-refractivity contribution in [3.05, 3.63) is 0 Å². The number of carbonyl (C=O) groups is 1. The van der Waals surface area contributed by atoms with Crippen molar-refractivity contribution in [1.29, 1.82) is 0 Å². The van der Waals surface area contributed by atoms with Gasteiger partial charge in [-0.25, -0.2) is 0 Å². The van der Waals surface area contributed by atoms with E-state index >= 15 is 0 Å². The third kappa shape index (κ3) is 3.36. The number of hydrogen-bond acceptors (Lipinski definition) is 4. The quantitative estimate of drug-likeness (QED) is 0.569. The van der Waals surface area contributed by atoms with Gasteiger partial charge in [-0.2, -0.15) is 8.78 Å². The standard InChI is InChI=1S/C7H10ClF2NO3/c8-3-13-6(12)5-1-4(2-11-5)14-7(9)10/h4-5,7,11H,1-3H2/t4-,5+/m1/s1. The van der Waals surface area contributed by atoms with Gasteiger partial charge in [0.1, 0.15) is 6.04 Å². The normalized spacial score (nSPS) is 26.9. The van der Waals surface area contributed by atoms with Crippen LogP contribution in [0.2, 0.25) is 0 Å². The van der Waals surface area contributed by atoms with Gasteiger partial charge in [0.15, 0.2) is 6.07 Å². The molecule has 0 aromatic heterocycles. The average Bonchev–Trinajstić information content (AvgIpc) is 2.52. The second-order valence-corrected chi connectivity index (χ2v) is 3.01. The number of rotatable bonds is 4. The molecule has 82 valence electrons. The molecular weight excluding hydrogens is 220 g/mol. The summed E-state index contributed by atoms with van der Waals surface area (Å²) in [6.45, 7) is -2.60. The molecule has 1 aliphatic rings. The van der Waals surface area contributed by atoms with E-state index in [9.17, 15) is 13.6 Å². The van der Waals surface area contributed by atoms with Gasteiger partial charge < -0.3 is 14.8 Å². The molecule has 14 heavy (non-hydrogen) atoms. The van der Waals surface area contributed by atoms with Gasteiger partial charge in [-0.3, -0.25) is 4.79 Å². The Labute approximate surface area is 84.5 Å². The van der Waals surface area contributed by atoms with Crippen molar-refractivity contribution in [2.45, 2.75) is 25.2 Å². The first-order valence-electron chi connectivity index (χ1n) is 4.03. The number of nitrogens with one attached hydrogen (secondary N) is 1. The van der Waals surface area contributed by atoms with Crippen LogP contribution < -0.4 is 5.32 Å². The molecule has 0 radical (unpaired) electrons. The minimum atomic E-state index is -2.82. The summed E-state index contributed by atoms with van der Waals surface area (Å²) < 4.78 is 32.3. The molecule has 1 saturated heterocycles. The first-order chi connectivity index (χ1) is 6.63. The topological polar surface area (TPSA) is 47.6 Å². The van der Waals surface area contributed by atoms with Crippen LogP contribution in [-0.2, 0) is 14.3 Å². The van der Waals surface area contributed by atoms with E-state index in [0.29, 0.717) is 0 Å². The minimum absolute atomic E-state index is 0.181. The molecule has 1 heterocycles. The van der Waals surface area contributed by atoms with E-state index in [-0.39, 0.29) is 19.0 Å². The van der Waals surface area contributed by atoms with Crippen molar-refractivity contribution in [2.24, 2.45) is 0 Å². The summed E-state index contributed by atoms with van der Waals surface area (Å²) in [6.07, 6.45) is -0.469. The highest BCUT2D eigenvalue weighted by atomic mass is 35.5. The van der Waals surface area contributed by atoms with Gasteiger partial charge in [0.25, 0.3) is 0 Å². The maximum Gasteiger partial charge on any atom is 0.345 e. The SMILES string of the molecule is O=C(OCCl)[C@@H]1C[C@@H](OC(F)F)CN1. The summed E-state index contributed by atoms with van der Waals surface area (Å²) in [6, 6.07) is -0.838. The zero-order valence-electron chi connectivity index (χ0n) is 7.21. The molecule has 0 aromatic rings. The summed E-state index contributed by atoms with van der Waals surface area (Å²) in [4.78, 5) is 11.1. The van der Waals surface area contributed by atoms with Crippen LogP contribution in [0.4, 0.5) is 8.78 Å². The van der Waals surface area contributed by atoms with E-state index in [1.807, 2.05) is 0 Å². The van der Waals surface area contributed by atoms with Gasteiger partial charge in [0, 0.05) is 13.0 Å². The summed E-state index contributed by atoms with van der Waals surface area (Å²) in [7, 11) is 0. The molecule has 0 bridgehead atoms. The van der Waals surface area contributed by atoms with Crippen molar-refractivity contribution in [2.75, 3.05) is 12.6 Å². The molecule has 1 rings (SSSR count). The maximum absolute atomic E-state index is 11.8. The molecule has 7 heteroatoms. The fourth-order valence-electron chi connectivity index (χ4n) is 1.29. The van der Waals surface area contributed by atoms with Gasteiger partial charge >= 0.3 is 12.6 Å². The van der Waals surface area contributed by atoms with Gasteiger partial charge in [-0.05, 0) is 0 Å². The molecule has 1 aliphatic heterocycles. The van der Waals surface area contributed by atoms with Crippen LogP contribution in [0.15, 0.2) is 0 Å². The number of hydrogen-bond donors (Lipinski definition) is 1. The highest BCUT2D eigenvalue weighted by molar-refractivity contribution is 6.17.